The summed E-state index contributed by atoms with van der Waals surface area (Å²) in [6.07, 6.45) is 11.6. The molecule has 1 atom stereocenters. The molecule has 1 heterocycles. The molecule has 0 spiro atoms. The second kappa shape index (κ2) is 10.5. The third kappa shape index (κ3) is 7.12. The number of hydrogen-bond donors (Lipinski definition) is 0. The van der Waals surface area contributed by atoms with Crippen molar-refractivity contribution in [1.29, 1.82) is 0 Å². The highest BCUT2D eigenvalue weighted by Gasteiger charge is 2.19. The fourth-order valence-electron chi connectivity index (χ4n) is 2.49. The van der Waals surface area contributed by atoms with E-state index >= 15 is 0 Å². The van der Waals surface area contributed by atoms with Crippen LogP contribution in [0.15, 0.2) is 0 Å². The lowest BCUT2D eigenvalue weighted by atomic mass is 10.1. The van der Waals surface area contributed by atoms with E-state index in [4.69, 9.17) is 4.74 Å². The van der Waals surface area contributed by atoms with Gasteiger partial charge >= 0.3 is 0 Å². The summed E-state index contributed by atoms with van der Waals surface area (Å²) in [5.41, 5.74) is 0. The van der Waals surface area contributed by atoms with Crippen molar-refractivity contribution in [3.05, 3.63) is 0 Å². The lowest BCUT2D eigenvalue weighted by Crippen LogP contribution is -2.42. The van der Waals surface area contributed by atoms with E-state index in [0.717, 1.165) is 39.1 Å². The molecule has 1 aliphatic heterocycles. The van der Waals surface area contributed by atoms with Crippen molar-refractivity contribution in [2.45, 2.75) is 64.4 Å². The maximum absolute atomic E-state index is 10.1. The summed E-state index contributed by atoms with van der Waals surface area (Å²) >= 11 is 0. The van der Waals surface area contributed by atoms with Gasteiger partial charge in [-0.3, -0.25) is 9.69 Å². The molecule has 0 aliphatic carbocycles. The third-order valence-electron chi connectivity index (χ3n) is 3.61. The SMILES string of the molecule is CCCCCCC1CN(CCCC[C]=O)CCO1. The third-order valence-corrected chi connectivity index (χ3v) is 3.61. The summed E-state index contributed by atoms with van der Waals surface area (Å²) in [6.45, 7) is 6.36. The van der Waals surface area contributed by atoms with Crippen LogP contribution in [0.5, 0.6) is 0 Å². The Kier molecular flexibility index (Phi) is 9.13. The number of morpholine rings is 1. The van der Waals surface area contributed by atoms with Crippen molar-refractivity contribution < 1.29 is 9.53 Å². The van der Waals surface area contributed by atoms with Crippen molar-refractivity contribution in [2.24, 2.45) is 0 Å². The van der Waals surface area contributed by atoms with Gasteiger partial charge in [-0.2, -0.15) is 0 Å². The van der Waals surface area contributed by atoms with Crippen LogP contribution in [0.1, 0.15) is 58.3 Å². The van der Waals surface area contributed by atoms with E-state index in [2.05, 4.69) is 11.8 Å². The smallest absolute Gasteiger partial charge is 0.198 e. The Labute approximate surface area is 112 Å². The molecule has 1 unspecified atom stereocenters. The van der Waals surface area contributed by atoms with E-state index in [9.17, 15) is 4.79 Å². The molecule has 0 N–H and O–H groups in total. The Balaban J connectivity index is 2.06. The molecule has 1 fully saturated rings. The number of unbranched alkanes of at least 4 members (excludes halogenated alkanes) is 5. The molecular weight excluding hydrogens is 226 g/mol. The Morgan fingerprint density at radius 2 is 2.11 bits per heavy atom. The largest absolute Gasteiger partial charge is 0.376 e. The van der Waals surface area contributed by atoms with Crippen LogP contribution in [-0.4, -0.2) is 43.5 Å². The molecule has 0 bridgehead atoms. The van der Waals surface area contributed by atoms with E-state index < -0.39 is 0 Å². The monoisotopic (exact) mass is 254 g/mol. The van der Waals surface area contributed by atoms with Crippen LogP contribution in [0.2, 0.25) is 0 Å². The maximum Gasteiger partial charge on any atom is 0.198 e. The summed E-state index contributed by atoms with van der Waals surface area (Å²) < 4.78 is 5.81. The number of ether oxygens (including phenoxy) is 1. The second-order valence-corrected chi connectivity index (χ2v) is 5.24. The summed E-state index contributed by atoms with van der Waals surface area (Å²) in [5.74, 6) is 0. The first-order chi connectivity index (χ1) is 8.86. The van der Waals surface area contributed by atoms with Gasteiger partial charge in [-0.05, 0) is 25.8 Å². The van der Waals surface area contributed by atoms with Crippen LogP contribution in [-0.2, 0) is 9.53 Å². The molecular formula is C15H28NO2. The van der Waals surface area contributed by atoms with Gasteiger partial charge in [0.2, 0.25) is 0 Å². The Morgan fingerprint density at radius 1 is 1.22 bits per heavy atom. The van der Waals surface area contributed by atoms with E-state index in [-0.39, 0.29) is 0 Å². The van der Waals surface area contributed by atoms with Crippen LogP contribution in [0.4, 0.5) is 0 Å². The number of carbonyl (C=O) groups excluding carboxylic acids is 1. The molecule has 1 aliphatic rings. The van der Waals surface area contributed by atoms with Crippen molar-refractivity contribution in [3.8, 4) is 0 Å². The maximum atomic E-state index is 10.1. The van der Waals surface area contributed by atoms with Gasteiger partial charge in [0.25, 0.3) is 0 Å². The average Bonchev–Trinajstić information content (AvgIpc) is 2.40. The van der Waals surface area contributed by atoms with Gasteiger partial charge < -0.3 is 4.74 Å². The first kappa shape index (κ1) is 15.6. The topological polar surface area (TPSA) is 29.5 Å². The first-order valence-electron chi connectivity index (χ1n) is 7.55. The lowest BCUT2D eigenvalue weighted by Gasteiger charge is -2.33. The van der Waals surface area contributed by atoms with Crippen LogP contribution >= 0.6 is 0 Å². The second-order valence-electron chi connectivity index (χ2n) is 5.24. The van der Waals surface area contributed by atoms with E-state index in [1.54, 1.807) is 0 Å². The highest BCUT2D eigenvalue weighted by molar-refractivity contribution is 5.50. The van der Waals surface area contributed by atoms with Gasteiger partial charge in [0, 0.05) is 19.5 Å². The van der Waals surface area contributed by atoms with Gasteiger partial charge in [-0.25, -0.2) is 0 Å². The van der Waals surface area contributed by atoms with Crippen LogP contribution in [0.3, 0.4) is 0 Å². The zero-order valence-corrected chi connectivity index (χ0v) is 11.8. The molecule has 0 aromatic carbocycles. The molecule has 3 heteroatoms. The molecule has 105 valence electrons. The summed E-state index contributed by atoms with van der Waals surface area (Å²) in [7, 11) is 0. The highest BCUT2D eigenvalue weighted by atomic mass is 16.5. The standard InChI is InChI=1S/C15H28NO2/c1-2-3-4-6-9-15-14-16(11-13-18-15)10-7-5-8-12-17/h15H,2-11,13-14H2,1H3. The molecule has 0 amide bonds. The van der Waals surface area contributed by atoms with E-state index in [1.807, 2.05) is 6.29 Å². The Bertz CT molecular complexity index is 209. The lowest BCUT2D eigenvalue weighted by molar-refractivity contribution is -0.0332. The Morgan fingerprint density at radius 3 is 2.89 bits per heavy atom. The number of nitrogens with zero attached hydrogens (tertiary/aromatic N) is 1. The van der Waals surface area contributed by atoms with Crippen molar-refractivity contribution in [1.82, 2.24) is 4.90 Å². The minimum atomic E-state index is 0.438. The van der Waals surface area contributed by atoms with Gasteiger partial charge in [-0.15, -0.1) is 0 Å². The summed E-state index contributed by atoms with van der Waals surface area (Å²) in [4.78, 5) is 12.6. The van der Waals surface area contributed by atoms with Crippen LogP contribution in [0, 0.1) is 0 Å². The first-order valence-corrected chi connectivity index (χ1v) is 7.55. The number of hydrogen-bond acceptors (Lipinski definition) is 3. The molecule has 18 heavy (non-hydrogen) atoms. The molecule has 1 radical (unpaired) electrons. The highest BCUT2D eigenvalue weighted by Crippen LogP contribution is 2.14. The zero-order valence-electron chi connectivity index (χ0n) is 11.8. The van der Waals surface area contributed by atoms with Gasteiger partial charge in [0.1, 0.15) is 0 Å². The normalized spacial score (nSPS) is 21.1. The summed E-state index contributed by atoms with van der Waals surface area (Å²) in [5, 5.41) is 0. The number of rotatable bonds is 10. The van der Waals surface area contributed by atoms with Crippen LogP contribution in [0.25, 0.3) is 0 Å². The fourth-order valence-corrected chi connectivity index (χ4v) is 2.49. The van der Waals surface area contributed by atoms with Crippen molar-refractivity contribution >= 4 is 6.29 Å². The molecule has 0 aromatic heterocycles. The van der Waals surface area contributed by atoms with Gasteiger partial charge in [0.15, 0.2) is 6.29 Å². The molecule has 1 saturated heterocycles. The zero-order chi connectivity index (χ0) is 13.1. The van der Waals surface area contributed by atoms with E-state index in [0.29, 0.717) is 12.5 Å². The molecule has 0 saturated carbocycles. The predicted octanol–water partition coefficient (Wildman–Crippen LogP) is 2.94. The summed E-state index contributed by atoms with van der Waals surface area (Å²) in [6, 6.07) is 0. The van der Waals surface area contributed by atoms with Crippen LogP contribution < -0.4 is 0 Å². The quantitative estimate of drug-likeness (QED) is 0.561. The van der Waals surface area contributed by atoms with Crippen molar-refractivity contribution in [2.75, 3.05) is 26.2 Å². The predicted molar refractivity (Wildman–Crippen MR) is 74.5 cm³/mol. The minimum absolute atomic E-state index is 0.438. The van der Waals surface area contributed by atoms with E-state index in [1.165, 1.54) is 32.1 Å². The van der Waals surface area contributed by atoms with Gasteiger partial charge in [0.05, 0.1) is 12.7 Å². The molecule has 1 rings (SSSR count). The average molecular weight is 254 g/mol. The Hall–Kier alpha value is -0.410. The fraction of sp³-hybridized carbons (Fsp3) is 0.933. The minimum Gasteiger partial charge on any atom is -0.376 e. The van der Waals surface area contributed by atoms with Crippen molar-refractivity contribution in [3.63, 3.8) is 0 Å². The van der Waals surface area contributed by atoms with Gasteiger partial charge in [-0.1, -0.05) is 32.6 Å². The molecule has 0 aromatic rings. The molecule has 3 nitrogen and oxygen atoms in total.